The Kier molecular flexibility index (Phi) is 3.34. The van der Waals surface area contributed by atoms with Crippen LogP contribution in [0.1, 0.15) is 45.6 Å². The number of rotatable bonds is 3. The number of hydrogen-bond acceptors (Lipinski definition) is 2. The average Bonchev–Trinajstić information content (AvgIpc) is 2.74. The van der Waals surface area contributed by atoms with Crippen LogP contribution in [0.4, 0.5) is 0 Å². The Balaban J connectivity index is 1.65. The largest absolute Gasteiger partial charge is 0.457 e. The predicted molar refractivity (Wildman–Crippen MR) is 80.5 cm³/mol. The summed E-state index contributed by atoms with van der Waals surface area (Å²) in [7, 11) is 0. The van der Waals surface area contributed by atoms with Gasteiger partial charge in [-0.3, -0.25) is 0 Å². The summed E-state index contributed by atoms with van der Waals surface area (Å²) >= 11 is 0. The fourth-order valence-electron chi connectivity index (χ4n) is 4.29. The molecule has 2 saturated carbocycles. The van der Waals surface area contributed by atoms with E-state index in [-0.39, 0.29) is 22.9 Å². The van der Waals surface area contributed by atoms with Gasteiger partial charge in [0.15, 0.2) is 12.4 Å². The van der Waals surface area contributed by atoms with Crippen molar-refractivity contribution in [3.8, 4) is 0 Å². The smallest absolute Gasteiger partial charge is 0.372 e. The van der Waals surface area contributed by atoms with E-state index >= 15 is 0 Å². The Bertz CT molecular complexity index is 549. The van der Waals surface area contributed by atoms with E-state index in [0.29, 0.717) is 12.5 Å². The maximum absolute atomic E-state index is 12.2. The van der Waals surface area contributed by atoms with E-state index in [1.54, 1.807) is 0 Å². The van der Waals surface area contributed by atoms with Gasteiger partial charge in [-0.2, -0.15) is 4.57 Å². The third-order valence-electron chi connectivity index (χ3n) is 6.36. The zero-order valence-corrected chi connectivity index (χ0v) is 13.6. The molecule has 114 valence electrons. The van der Waals surface area contributed by atoms with E-state index in [4.69, 9.17) is 4.74 Å². The molecule has 3 nitrogen and oxygen atoms in total. The Morgan fingerprint density at radius 3 is 2.52 bits per heavy atom. The van der Waals surface area contributed by atoms with Gasteiger partial charge in [0.05, 0.1) is 0 Å². The van der Waals surface area contributed by atoms with Crippen molar-refractivity contribution >= 4 is 5.97 Å². The van der Waals surface area contributed by atoms with Crippen LogP contribution in [0.15, 0.2) is 24.5 Å². The lowest BCUT2D eigenvalue weighted by molar-refractivity contribution is -0.686. The van der Waals surface area contributed by atoms with E-state index in [1.807, 2.05) is 36.0 Å². The molecule has 2 fully saturated rings. The van der Waals surface area contributed by atoms with E-state index < -0.39 is 0 Å². The second-order valence-corrected chi connectivity index (χ2v) is 7.64. The summed E-state index contributed by atoms with van der Waals surface area (Å²) in [6.45, 7) is 9.33. The van der Waals surface area contributed by atoms with Crippen LogP contribution < -0.4 is 4.57 Å². The molecule has 3 rings (SSSR count). The SMILES string of the molecule is Cc1cc[n+](CC(=O)O[C@H]2C[C@@H]3CC[C@@]2(C)C3(C)C)cc1. The number of aryl methyl sites for hydroxylation is 1. The van der Waals surface area contributed by atoms with Gasteiger partial charge in [-0.05, 0) is 43.1 Å². The van der Waals surface area contributed by atoms with E-state index in [0.717, 1.165) is 6.42 Å². The average molecular weight is 288 g/mol. The van der Waals surface area contributed by atoms with Crippen LogP contribution in [0.3, 0.4) is 0 Å². The Morgan fingerprint density at radius 2 is 2.00 bits per heavy atom. The van der Waals surface area contributed by atoms with Gasteiger partial charge >= 0.3 is 5.97 Å². The van der Waals surface area contributed by atoms with Gasteiger partial charge in [-0.15, -0.1) is 0 Å². The van der Waals surface area contributed by atoms with Crippen molar-refractivity contribution in [3.63, 3.8) is 0 Å². The number of fused-ring (bicyclic) bond motifs is 2. The Labute approximate surface area is 127 Å². The second kappa shape index (κ2) is 4.82. The van der Waals surface area contributed by atoms with Crippen LogP contribution in [0.5, 0.6) is 0 Å². The lowest BCUT2D eigenvalue weighted by Crippen LogP contribution is -2.43. The molecule has 1 aromatic rings. The first-order chi connectivity index (χ1) is 9.83. The fraction of sp³-hybridized carbons (Fsp3) is 0.667. The molecule has 0 radical (unpaired) electrons. The molecule has 0 amide bonds. The first-order valence-electron chi connectivity index (χ1n) is 7.98. The summed E-state index contributed by atoms with van der Waals surface area (Å²) in [4.78, 5) is 12.2. The highest BCUT2D eigenvalue weighted by atomic mass is 16.5. The zero-order valence-electron chi connectivity index (χ0n) is 13.6. The summed E-state index contributed by atoms with van der Waals surface area (Å²) in [6.07, 6.45) is 7.45. The molecular formula is C18H26NO2+. The number of nitrogens with zero attached hydrogens (tertiary/aromatic N) is 1. The van der Waals surface area contributed by atoms with Crippen molar-refractivity contribution in [2.24, 2.45) is 16.7 Å². The number of esters is 1. The van der Waals surface area contributed by atoms with Gasteiger partial charge in [0.25, 0.3) is 0 Å². The van der Waals surface area contributed by atoms with Crippen molar-refractivity contribution in [3.05, 3.63) is 30.1 Å². The molecular weight excluding hydrogens is 262 g/mol. The third-order valence-corrected chi connectivity index (χ3v) is 6.36. The molecule has 2 aliphatic rings. The molecule has 0 aromatic carbocycles. The molecule has 0 aliphatic heterocycles. The summed E-state index contributed by atoms with van der Waals surface area (Å²) in [5.74, 6) is 0.589. The van der Waals surface area contributed by atoms with Gasteiger partial charge in [0, 0.05) is 17.5 Å². The molecule has 0 saturated heterocycles. The van der Waals surface area contributed by atoms with Gasteiger partial charge in [-0.25, -0.2) is 4.79 Å². The van der Waals surface area contributed by atoms with Crippen LogP contribution in [0.25, 0.3) is 0 Å². The van der Waals surface area contributed by atoms with Crippen LogP contribution in [0.2, 0.25) is 0 Å². The van der Waals surface area contributed by atoms with Crippen molar-refractivity contribution < 1.29 is 14.1 Å². The molecule has 2 aliphatic carbocycles. The van der Waals surface area contributed by atoms with Crippen molar-refractivity contribution in [1.29, 1.82) is 0 Å². The molecule has 21 heavy (non-hydrogen) atoms. The van der Waals surface area contributed by atoms with Crippen LogP contribution in [0, 0.1) is 23.7 Å². The van der Waals surface area contributed by atoms with Gasteiger partial charge in [0.1, 0.15) is 6.10 Å². The van der Waals surface area contributed by atoms with Crippen LogP contribution in [-0.4, -0.2) is 12.1 Å². The Morgan fingerprint density at radius 1 is 1.33 bits per heavy atom. The van der Waals surface area contributed by atoms with E-state index in [1.165, 1.54) is 18.4 Å². The lowest BCUT2D eigenvalue weighted by Gasteiger charge is -2.38. The fourth-order valence-corrected chi connectivity index (χ4v) is 4.29. The topological polar surface area (TPSA) is 30.2 Å². The molecule has 0 N–H and O–H groups in total. The van der Waals surface area contributed by atoms with Crippen LogP contribution >= 0.6 is 0 Å². The maximum Gasteiger partial charge on any atom is 0.372 e. The summed E-state index contributed by atoms with van der Waals surface area (Å²) in [5.41, 5.74) is 1.63. The minimum absolute atomic E-state index is 0.0878. The lowest BCUT2D eigenvalue weighted by atomic mass is 9.70. The molecule has 1 aromatic heterocycles. The summed E-state index contributed by atoms with van der Waals surface area (Å²) in [6, 6.07) is 4.02. The number of pyridine rings is 1. The third kappa shape index (κ3) is 2.27. The van der Waals surface area contributed by atoms with Crippen molar-refractivity contribution in [2.45, 2.75) is 59.6 Å². The molecule has 1 heterocycles. The highest BCUT2D eigenvalue weighted by molar-refractivity contribution is 5.68. The number of aromatic nitrogens is 1. The number of ether oxygens (including phenoxy) is 1. The molecule has 0 spiro atoms. The first kappa shape index (κ1) is 14.6. The molecule has 3 heteroatoms. The second-order valence-electron chi connectivity index (χ2n) is 7.64. The van der Waals surface area contributed by atoms with Gasteiger partial charge in [0.2, 0.25) is 6.54 Å². The monoisotopic (exact) mass is 288 g/mol. The molecule has 0 unspecified atom stereocenters. The number of carbonyl (C=O) groups excluding carboxylic acids is 1. The number of hydrogen-bond donors (Lipinski definition) is 0. The number of carbonyl (C=O) groups is 1. The minimum atomic E-state index is -0.113. The normalized spacial score (nSPS) is 33.1. The van der Waals surface area contributed by atoms with E-state index in [2.05, 4.69) is 20.8 Å². The Hall–Kier alpha value is -1.38. The van der Waals surface area contributed by atoms with Gasteiger partial charge < -0.3 is 4.74 Å². The predicted octanol–water partition coefficient (Wildman–Crippen LogP) is 3.04. The standard InChI is InChI=1S/C18H26NO2/c1-13-6-9-19(10-7-13)12-16(20)21-15-11-14-5-8-18(15,4)17(14,2)3/h6-7,9-10,14-15H,5,8,11-12H2,1-4H3/q+1/t14-,15-,18+/m0/s1. The molecule has 3 atom stereocenters. The van der Waals surface area contributed by atoms with Crippen molar-refractivity contribution in [1.82, 2.24) is 0 Å². The van der Waals surface area contributed by atoms with Gasteiger partial charge in [-0.1, -0.05) is 20.8 Å². The summed E-state index contributed by atoms with van der Waals surface area (Å²) in [5, 5.41) is 0. The first-order valence-corrected chi connectivity index (χ1v) is 7.98. The van der Waals surface area contributed by atoms with E-state index in [9.17, 15) is 4.79 Å². The highest BCUT2D eigenvalue weighted by Crippen LogP contribution is 2.66. The minimum Gasteiger partial charge on any atom is -0.457 e. The highest BCUT2D eigenvalue weighted by Gasteiger charge is 2.62. The quantitative estimate of drug-likeness (QED) is 0.632. The zero-order chi connectivity index (χ0) is 15.3. The summed E-state index contributed by atoms with van der Waals surface area (Å²) < 4.78 is 7.74. The van der Waals surface area contributed by atoms with Crippen molar-refractivity contribution in [2.75, 3.05) is 0 Å². The maximum atomic E-state index is 12.2. The molecule has 2 bridgehead atoms. The van der Waals surface area contributed by atoms with Crippen LogP contribution in [-0.2, 0) is 16.1 Å².